The molecule has 1 aliphatic carbocycles. The molecule has 0 aromatic rings. The third-order valence-electron chi connectivity index (χ3n) is 3.89. The first-order valence-electron chi connectivity index (χ1n) is 7.07. The Hall–Kier alpha value is -0.610. The van der Waals surface area contributed by atoms with Crippen LogP contribution in [0.25, 0.3) is 0 Å². The van der Waals surface area contributed by atoms with Gasteiger partial charge in [0.15, 0.2) is 0 Å². The molecule has 1 aliphatic rings. The van der Waals surface area contributed by atoms with E-state index < -0.39 is 0 Å². The summed E-state index contributed by atoms with van der Waals surface area (Å²) in [6, 6.07) is -0.124. The predicted octanol–water partition coefficient (Wildman–Crippen LogP) is 1.70. The number of nitrogens with one attached hydrogen (secondary N) is 2. The van der Waals surface area contributed by atoms with E-state index in [2.05, 4.69) is 17.6 Å². The molecule has 0 bridgehead atoms. The number of hydrogen-bond acceptors (Lipinski definition) is 3. The van der Waals surface area contributed by atoms with Crippen LogP contribution in [0.5, 0.6) is 0 Å². The Balaban J connectivity index is 2.22. The monoisotopic (exact) mass is 256 g/mol. The van der Waals surface area contributed by atoms with Gasteiger partial charge >= 0.3 is 0 Å². The number of carbonyl (C=O) groups is 1. The number of amides is 1. The molecule has 1 unspecified atom stereocenters. The summed E-state index contributed by atoms with van der Waals surface area (Å²) in [6.45, 7) is 6.34. The van der Waals surface area contributed by atoms with E-state index in [1.165, 1.54) is 32.1 Å². The van der Waals surface area contributed by atoms with E-state index in [-0.39, 0.29) is 11.9 Å². The molecule has 18 heavy (non-hydrogen) atoms. The van der Waals surface area contributed by atoms with Gasteiger partial charge in [-0.25, -0.2) is 0 Å². The maximum Gasteiger partial charge on any atom is 0.236 e. The zero-order valence-corrected chi connectivity index (χ0v) is 12.1. The summed E-state index contributed by atoms with van der Waals surface area (Å²) in [7, 11) is 1.64. The van der Waals surface area contributed by atoms with E-state index in [4.69, 9.17) is 4.74 Å². The summed E-state index contributed by atoms with van der Waals surface area (Å²) in [6.07, 6.45) is 6.57. The fraction of sp³-hybridized carbons (Fsp3) is 0.929. The number of rotatable bonds is 7. The Kier molecular flexibility index (Phi) is 6.65. The molecule has 4 nitrogen and oxygen atoms in total. The summed E-state index contributed by atoms with van der Waals surface area (Å²) in [5.74, 6) is 0.0615. The summed E-state index contributed by atoms with van der Waals surface area (Å²) >= 11 is 0. The lowest BCUT2D eigenvalue weighted by Crippen LogP contribution is -2.46. The van der Waals surface area contributed by atoms with Gasteiger partial charge in [-0.3, -0.25) is 4.79 Å². The largest absolute Gasteiger partial charge is 0.383 e. The second-order valence-corrected chi connectivity index (χ2v) is 5.76. The standard InChI is InChI=1S/C14H28N2O2/c1-12(13(17)15-9-10-18-3)16-11-14(2)7-5-4-6-8-14/h12,16H,4-11H2,1-3H3,(H,15,17). The highest BCUT2D eigenvalue weighted by Crippen LogP contribution is 2.34. The molecule has 0 heterocycles. The maximum atomic E-state index is 11.8. The topological polar surface area (TPSA) is 50.4 Å². The highest BCUT2D eigenvalue weighted by molar-refractivity contribution is 5.81. The van der Waals surface area contributed by atoms with Crippen molar-refractivity contribution >= 4 is 5.91 Å². The number of methoxy groups -OCH3 is 1. The van der Waals surface area contributed by atoms with Crippen LogP contribution in [0.4, 0.5) is 0 Å². The van der Waals surface area contributed by atoms with Gasteiger partial charge in [-0.05, 0) is 25.2 Å². The van der Waals surface area contributed by atoms with Gasteiger partial charge in [0.1, 0.15) is 0 Å². The van der Waals surface area contributed by atoms with E-state index in [0.29, 0.717) is 18.6 Å². The van der Waals surface area contributed by atoms with Crippen LogP contribution in [0, 0.1) is 5.41 Å². The lowest BCUT2D eigenvalue weighted by Gasteiger charge is -2.34. The first kappa shape index (κ1) is 15.4. The van der Waals surface area contributed by atoms with E-state index in [9.17, 15) is 4.79 Å². The van der Waals surface area contributed by atoms with Crippen LogP contribution in [0.1, 0.15) is 46.0 Å². The molecule has 0 radical (unpaired) electrons. The van der Waals surface area contributed by atoms with Crippen molar-refractivity contribution in [2.24, 2.45) is 5.41 Å². The first-order chi connectivity index (χ1) is 8.57. The molecule has 4 heteroatoms. The van der Waals surface area contributed by atoms with Gasteiger partial charge in [0, 0.05) is 20.2 Å². The summed E-state index contributed by atoms with van der Waals surface area (Å²) < 4.78 is 4.91. The van der Waals surface area contributed by atoms with E-state index in [1.807, 2.05) is 6.92 Å². The van der Waals surface area contributed by atoms with Crippen LogP contribution in [0.3, 0.4) is 0 Å². The molecule has 0 aromatic heterocycles. The second kappa shape index (κ2) is 7.74. The molecule has 1 amide bonds. The van der Waals surface area contributed by atoms with Crippen molar-refractivity contribution in [2.45, 2.75) is 52.0 Å². The molecule has 1 rings (SSSR count). The summed E-state index contributed by atoms with van der Waals surface area (Å²) in [5, 5.41) is 6.22. The van der Waals surface area contributed by atoms with E-state index in [1.54, 1.807) is 7.11 Å². The number of hydrogen-bond donors (Lipinski definition) is 2. The Morgan fingerprint density at radius 3 is 2.61 bits per heavy atom. The van der Waals surface area contributed by atoms with Gasteiger partial charge in [0.2, 0.25) is 5.91 Å². The molecule has 0 aliphatic heterocycles. The van der Waals surface area contributed by atoms with Crippen LogP contribution in [-0.2, 0) is 9.53 Å². The van der Waals surface area contributed by atoms with Gasteiger partial charge in [-0.1, -0.05) is 26.2 Å². The van der Waals surface area contributed by atoms with Crippen molar-refractivity contribution in [3.8, 4) is 0 Å². The average Bonchev–Trinajstić information content (AvgIpc) is 2.37. The molecule has 1 saturated carbocycles. The summed E-state index contributed by atoms with van der Waals surface area (Å²) in [5.41, 5.74) is 0.374. The Morgan fingerprint density at radius 2 is 2.00 bits per heavy atom. The number of carbonyl (C=O) groups excluding carboxylic acids is 1. The maximum absolute atomic E-state index is 11.8. The van der Waals surface area contributed by atoms with Crippen molar-refractivity contribution in [1.29, 1.82) is 0 Å². The molecule has 0 aromatic carbocycles. The smallest absolute Gasteiger partial charge is 0.236 e. The third-order valence-corrected chi connectivity index (χ3v) is 3.89. The molecule has 1 atom stereocenters. The van der Waals surface area contributed by atoms with Crippen molar-refractivity contribution in [2.75, 3.05) is 26.8 Å². The van der Waals surface area contributed by atoms with Crippen molar-refractivity contribution in [3.63, 3.8) is 0 Å². The molecule has 0 saturated heterocycles. The minimum Gasteiger partial charge on any atom is -0.383 e. The lowest BCUT2D eigenvalue weighted by molar-refractivity contribution is -0.123. The SMILES string of the molecule is COCCNC(=O)C(C)NCC1(C)CCCCC1. The van der Waals surface area contributed by atoms with Crippen LogP contribution in [0.15, 0.2) is 0 Å². The quantitative estimate of drug-likeness (QED) is 0.682. The molecular weight excluding hydrogens is 228 g/mol. The van der Waals surface area contributed by atoms with Crippen LogP contribution in [0.2, 0.25) is 0 Å². The highest BCUT2D eigenvalue weighted by Gasteiger charge is 2.27. The van der Waals surface area contributed by atoms with Crippen molar-refractivity contribution in [3.05, 3.63) is 0 Å². The van der Waals surface area contributed by atoms with Crippen LogP contribution < -0.4 is 10.6 Å². The Labute approximate surface area is 111 Å². The van der Waals surface area contributed by atoms with Crippen molar-refractivity contribution in [1.82, 2.24) is 10.6 Å². The molecule has 2 N–H and O–H groups in total. The molecule has 1 fully saturated rings. The Morgan fingerprint density at radius 1 is 1.33 bits per heavy atom. The molecule has 0 spiro atoms. The molecular formula is C14H28N2O2. The predicted molar refractivity (Wildman–Crippen MR) is 73.5 cm³/mol. The van der Waals surface area contributed by atoms with Gasteiger partial charge in [0.25, 0.3) is 0 Å². The normalized spacial score (nSPS) is 20.4. The van der Waals surface area contributed by atoms with Gasteiger partial charge in [-0.2, -0.15) is 0 Å². The van der Waals surface area contributed by atoms with Crippen LogP contribution >= 0.6 is 0 Å². The highest BCUT2D eigenvalue weighted by atomic mass is 16.5. The molecule has 106 valence electrons. The fourth-order valence-electron chi connectivity index (χ4n) is 2.50. The second-order valence-electron chi connectivity index (χ2n) is 5.76. The lowest BCUT2D eigenvalue weighted by atomic mass is 9.75. The van der Waals surface area contributed by atoms with Gasteiger partial charge < -0.3 is 15.4 Å². The zero-order valence-electron chi connectivity index (χ0n) is 12.1. The first-order valence-corrected chi connectivity index (χ1v) is 7.07. The van der Waals surface area contributed by atoms with Gasteiger partial charge in [-0.15, -0.1) is 0 Å². The zero-order chi connectivity index (χ0) is 13.4. The van der Waals surface area contributed by atoms with Gasteiger partial charge in [0.05, 0.1) is 12.6 Å². The number of ether oxygens (including phenoxy) is 1. The average molecular weight is 256 g/mol. The minimum atomic E-state index is -0.124. The van der Waals surface area contributed by atoms with E-state index in [0.717, 1.165) is 6.54 Å². The Bertz CT molecular complexity index is 250. The van der Waals surface area contributed by atoms with Crippen LogP contribution in [-0.4, -0.2) is 38.8 Å². The van der Waals surface area contributed by atoms with E-state index >= 15 is 0 Å². The van der Waals surface area contributed by atoms with Crippen molar-refractivity contribution < 1.29 is 9.53 Å². The third kappa shape index (κ3) is 5.36. The fourth-order valence-corrected chi connectivity index (χ4v) is 2.50. The minimum absolute atomic E-state index is 0.0615. The summed E-state index contributed by atoms with van der Waals surface area (Å²) in [4.78, 5) is 11.8.